The van der Waals surface area contributed by atoms with Crippen molar-refractivity contribution in [1.29, 1.82) is 0 Å². The molecule has 7 nitrogen and oxygen atoms in total. The fourth-order valence-electron chi connectivity index (χ4n) is 2.12. The number of amides is 1. The van der Waals surface area contributed by atoms with Crippen LogP contribution in [0.1, 0.15) is 12.8 Å². The number of ether oxygens (including phenoxy) is 1. The van der Waals surface area contributed by atoms with E-state index in [-0.39, 0.29) is 30.0 Å². The molecule has 2 rings (SSSR count). The van der Waals surface area contributed by atoms with Crippen LogP contribution >= 0.6 is 0 Å². The molecule has 1 saturated heterocycles. The molecule has 20 heavy (non-hydrogen) atoms. The van der Waals surface area contributed by atoms with Gasteiger partial charge in [-0.3, -0.25) is 14.9 Å². The van der Waals surface area contributed by atoms with Gasteiger partial charge < -0.3 is 15.4 Å². The summed E-state index contributed by atoms with van der Waals surface area (Å²) in [4.78, 5) is 22.0. The van der Waals surface area contributed by atoms with Crippen molar-refractivity contribution in [3.63, 3.8) is 0 Å². The Kier molecular flexibility index (Phi) is 4.89. The van der Waals surface area contributed by atoms with Gasteiger partial charge in [0.05, 0.1) is 4.92 Å². The summed E-state index contributed by atoms with van der Waals surface area (Å²) in [6, 6.07) is 6.11. The molecule has 2 N–H and O–H groups in total. The smallest absolute Gasteiger partial charge is 0.310 e. The molecule has 0 saturated carbocycles. The van der Waals surface area contributed by atoms with Crippen LogP contribution in [-0.4, -0.2) is 36.6 Å². The van der Waals surface area contributed by atoms with Crippen LogP contribution in [0.25, 0.3) is 0 Å². The molecule has 1 aromatic carbocycles. The second-order valence-corrected chi connectivity index (χ2v) is 4.62. The number of nitrogens with one attached hydrogen (secondary N) is 2. The second-order valence-electron chi connectivity index (χ2n) is 4.62. The van der Waals surface area contributed by atoms with E-state index in [1.807, 2.05) is 0 Å². The van der Waals surface area contributed by atoms with Crippen LogP contribution in [0.15, 0.2) is 24.3 Å². The van der Waals surface area contributed by atoms with Gasteiger partial charge in [0, 0.05) is 18.7 Å². The fraction of sp³-hybridized carbons (Fsp3) is 0.462. The first-order valence-corrected chi connectivity index (χ1v) is 6.53. The zero-order chi connectivity index (χ0) is 14.4. The van der Waals surface area contributed by atoms with Crippen LogP contribution in [-0.2, 0) is 4.79 Å². The Balaban J connectivity index is 1.85. The van der Waals surface area contributed by atoms with Gasteiger partial charge in [-0.25, -0.2) is 0 Å². The van der Waals surface area contributed by atoms with E-state index in [4.69, 9.17) is 4.74 Å². The first kappa shape index (κ1) is 14.3. The van der Waals surface area contributed by atoms with E-state index in [0.717, 1.165) is 25.9 Å². The van der Waals surface area contributed by atoms with E-state index in [0.29, 0.717) is 0 Å². The van der Waals surface area contributed by atoms with Gasteiger partial charge in [0.1, 0.15) is 0 Å². The average Bonchev–Trinajstić information content (AvgIpc) is 2.46. The monoisotopic (exact) mass is 279 g/mol. The van der Waals surface area contributed by atoms with Gasteiger partial charge in [-0.05, 0) is 25.5 Å². The minimum atomic E-state index is -0.529. The molecule has 0 radical (unpaired) electrons. The quantitative estimate of drug-likeness (QED) is 0.615. The number of nitrogens with zero attached hydrogens (tertiary/aromatic N) is 1. The highest BCUT2D eigenvalue weighted by Crippen LogP contribution is 2.25. The standard InChI is InChI=1S/C13H17N3O4/c17-13(15-10-4-3-7-14-8-10)9-20-12-6-2-1-5-11(12)16(18)19/h1-2,5-6,10,14H,3-4,7-9H2,(H,15,17)/t10-/m0/s1. The number of rotatable bonds is 5. The maximum absolute atomic E-state index is 11.7. The van der Waals surface area contributed by atoms with E-state index in [1.165, 1.54) is 12.1 Å². The molecule has 0 bridgehead atoms. The van der Waals surface area contributed by atoms with Gasteiger partial charge in [0.25, 0.3) is 5.91 Å². The molecule has 0 aliphatic carbocycles. The summed E-state index contributed by atoms with van der Waals surface area (Å²) in [6.07, 6.45) is 1.96. The summed E-state index contributed by atoms with van der Waals surface area (Å²) in [5.74, 6) is -0.161. The van der Waals surface area contributed by atoms with Crippen molar-refractivity contribution in [2.24, 2.45) is 0 Å². The van der Waals surface area contributed by atoms with Crippen molar-refractivity contribution in [3.8, 4) is 5.75 Å². The molecule has 0 unspecified atom stereocenters. The van der Waals surface area contributed by atoms with Crippen molar-refractivity contribution in [2.75, 3.05) is 19.7 Å². The normalized spacial score (nSPS) is 18.3. The van der Waals surface area contributed by atoms with Crippen molar-refractivity contribution in [2.45, 2.75) is 18.9 Å². The number of para-hydroxylation sites is 2. The van der Waals surface area contributed by atoms with Crippen LogP contribution in [0.5, 0.6) is 5.75 Å². The van der Waals surface area contributed by atoms with Gasteiger partial charge in [-0.1, -0.05) is 12.1 Å². The van der Waals surface area contributed by atoms with E-state index < -0.39 is 4.92 Å². The third-order valence-electron chi connectivity index (χ3n) is 3.08. The molecular weight excluding hydrogens is 262 g/mol. The third kappa shape index (κ3) is 3.92. The Morgan fingerprint density at radius 2 is 2.30 bits per heavy atom. The van der Waals surface area contributed by atoms with Crippen molar-refractivity contribution in [3.05, 3.63) is 34.4 Å². The number of nitro groups is 1. The largest absolute Gasteiger partial charge is 0.477 e. The predicted octanol–water partition coefficient (Wildman–Crippen LogP) is 0.842. The number of carbonyl (C=O) groups excluding carboxylic acids is 1. The number of hydrogen-bond donors (Lipinski definition) is 2. The molecule has 1 heterocycles. The number of benzene rings is 1. The molecule has 1 aromatic rings. The predicted molar refractivity (Wildman–Crippen MR) is 72.6 cm³/mol. The summed E-state index contributed by atoms with van der Waals surface area (Å²) in [7, 11) is 0. The Bertz CT molecular complexity index is 486. The molecule has 1 fully saturated rings. The summed E-state index contributed by atoms with van der Waals surface area (Å²) in [6.45, 7) is 1.50. The van der Waals surface area contributed by atoms with Crippen molar-refractivity contribution in [1.82, 2.24) is 10.6 Å². The highest BCUT2D eigenvalue weighted by atomic mass is 16.6. The van der Waals surface area contributed by atoms with Gasteiger partial charge >= 0.3 is 5.69 Å². The van der Waals surface area contributed by atoms with Crippen LogP contribution < -0.4 is 15.4 Å². The van der Waals surface area contributed by atoms with Crippen LogP contribution in [0.3, 0.4) is 0 Å². The van der Waals surface area contributed by atoms with Crippen molar-refractivity contribution >= 4 is 11.6 Å². The Morgan fingerprint density at radius 1 is 1.50 bits per heavy atom. The number of hydrogen-bond acceptors (Lipinski definition) is 5. The van der Waals surface area contributed by atoms with E-state index in [1.54, 1.807) is 12.1 Å². The Hall–Kier alpha value is -2.15. The van der Waals surface area contributed by atoms with E-state index in [9.17, 15) is 14.9 Å². The van der Waals surface area contributed by atoms with Gasteiger partial charge in [-0.15, -0.1) is 0 Å². The lowest BCUT2D eigenvalue weighted by molar-refractivity contribution is -0.385. The SMILES string of the molecule is O=C(COc1ccccc1[N+](=O)[O-])N[C@H]1CCCNC1. The molecule has 7 heteroatoms. The molecule has 0 aromatic heterocycles. The van der Waals surface area contributed by atoms with E-state index in [2.05, 4.69) is 10.6 Å². The lowest BCUT2D eigenvalue weighted by Gasteiger charge is -2.23. The fourth-order valence-corrected chi connectivity index (χ4v) is 2.12. The molecule has 1 aliphatic heterocycles. The summed E-state index contributed by atoms with van der Waals surface area (Å²) in [5, 5.41) is 16.8. The van der Waals surface area contributed by atoms with Gasteiger partial charge in [-0.2, -0.15) is 0 Å². The molecule has 1 amide bonds. The Labute approximate surface area is 116 Å². The third-order valence-corrected chi connectivity index (χ3v) is 3.08. The maximum Gasteiger partial charge on any atom is 0.310 e. The first-order valence-electron chi connectivity index (χ1n) is 6.53. The van der Waals surface area contributed by atoms with Crippen LogP contribution in [0, 0.1) is 10.1 Å². The van der Waals surface area contributed by atoms with Crippen molar-refractivity contribution < 1.29 is 14.5 Å². The minimum absolute atomic E-state index is 0.102. The zero-order valence-electron chi connectivity index (χ0n) is 11.0. The number of nitro benzene ring substituents is 1. The second kappa shape index (κ2) is 6.85. The maximum atomic E-state index is 11.7. The topological polar surface area (TPSA) is 93.5 Å². The number of piperidine rings is 1. The highest BCUT2D eigenvalue weighted by molar-refractivity contribution is 5.78. The lowest BCUT2D eigenvalue weighted by Crippen LogP contribution is -2.47. The highest BCUT2D eigenvalue weighted by Gasteiger charge is 2.18. The molecule has 0 spiro atoms. The summed E-state index contributed by atoms with van der Waals surface area (Å²) < 4.78 is 5.23. The summed E-state index contributed by atoms with van der Waals surface area (Å²) in [5.41, 5.74) is -0.139. The van der Waals surface area contributed by atoms with Gasteiger partial charge in [0.2, 0.25) is 0 Å². The van der Waals surface area contributed by atoms with Crippen LogP contribution in [0.2, 0.25) is 0 Å². The first-order chi connectivity index (χ1) is 9.66. The minimum Gasteiger partial charge on any atom is -0.477 e. The molecular formula is C13H17N3O4. The number of carbonyl (C=O) groups is 1. The molecule has 1 atom stereocenters. The van der Waals surface area contributed by atoms with Gasteiger partial charge in [0.15, 0.2) is 12.4 Å². The summed E-state index contributed by atoms with van der Waals surface area (Å²) >= 11 is 0. The zero-order valence-corrected chi connectivity index (χ0v) is 11.0. The molecule has 1 aliphatic rings. The Morgan fingerprint density at radius 3 is 3.00 bits per heavy atom. The van der Waals surface area contributed by atoms with Crippen LogP contribution in [0.4, 0.5) is 5.69 Å². The molecule has 108 valence electrons. The van der Waals surface area contributed by atoms with E-state index >= 15 is 0 Å². The lowest BCUT2D eigenvalue weighted by atomic mass is 10.1. The average molecular weight is 279 g/mol.